The molecule has 0 spiro atoms. The van der Waals surface area contributed by atoms with E-state index in [2.05, 4.69) is 35.8 Å². The molecular formula is C20H22N2O2. The highest BCUT2D eigenvalue weighted by Crippen LogP contribution is 2.30. The molecule has 0 saturated carbocycles. The van der Waals surface area contributed by atoms with Crippen LogP contribution in [-0.4, -0.2) is 22.8 Å². The minimum atomic E-state index is 0.107. The van der Waals surface area contributed by atoms with Crippen LogP contribution in [0.15, 0.2) is 48.5 Å². The van der Waals surface area contributed by atoms with Gasteiger partial charge in [-0.05, 0) is 43.5 Å². The Bertz CT molecular complexity index is 835. The van der Waals surface area contributed by atoms with Gasteiger partial charge in [-0.25, -0.2) is 4.98 Å². The zero-order chi connectivity index (χ0) is 16.4. The first-order valence-corrected chi connectivity index (χ1v) is 8.58. The molecule has 124 valence electrons. The van der Waals surface area contributed by atoms with Crippen LogP contribution >= 0.6 is 0 Å². The molecule has 1 fully saturated rings. The standard InChI is InChI=1S/C20H22N2O2/c1-15-7-2-5-10-18(15)24-14-12-22-17-9-4-3-8-16(17)21-20(22)19-11-6-13-23-19/h2-5,7-10,19H,6,11-14H2,1H3/t19-/m0/s1. The molecular weight excluding hydrogens is 300 g/mol. The maximum absolute atomic E-state index is 5.99. The van der Waals surface area contributed by atoms with Gasteiger partial charge in [0.1, 0.15) is 24.3 Å². The summed E-state index contributed by atoms with van der Waals surface area (Å²) in [5.41, 5.74) is 3.34. The summed E-state index contributed by atoms with van der Waals surface area (Å²) < 4.78 is 14.1. The summed E-state index contributed by atoms with van der Waals surface area (Å²) in [4.78, 5) is 4.82. The van der Waals surface area contributed by atoms with Crippen molar-refractivity contribution in [1.29, 1.82) is 0 Å². The van der Waals surface area contributed by atoms with Gasteiger partial charge in [-0.2, -0.15) is 0 Å². The first kappa shape index (κ1) is 15.2. The van der Waals surface area contributed by atoms with Crippen LogP contribution in [0.4, 0.5) is 0 Å². The minimum Gasteiger partial charge on any atom is -0.491 e. The van der Waals surface area contributed by atoms with E-state index in [1.54, 1.807) is 0 Å². The third-order valence-electron chi connectivity index (χ3n) is 4.57. The molecule has 0 unspecified atom stereocenters. The smallest absolute Gasteiger partial charge is 0.139 e. The molecule has 1 saturated heterocycles. The van der Waals surface area contributed by atoms with E-state index < -0.39 is 0 Å². The number of para-hydroxylation sites is 3. The molecule has 24 heavy (non-hydrogen) atoms. The predicted octanol–water partition coefficient (Wildman–Crippen LogP) is 4.28. The Kier molecular flexibility index (Phi) is 4.22. The lowest BCUT2D eigenvalue weighted by molar-refractivity contribution is 0.101. The third kappa shape index (κ3) is 2.89. The van der Waals surface area contributed by atoms with Crippen LogP contribution < -0.4 is 4.74 Å². The minimum absolute atomic E-state index is 0.107. The summed E-state index contributed by atoms with van der Waals surface area (Å²) in [5, 5.41) is 0. The van der Waals surface area contributed by atoms with Crippen molar-refractivity contribution in [2.24, 2.45) is 0 Å². The fourth-order valence-corrected chi connectivity index (χ4v) is 3.32. The summed E-state index contributed by atoms with van der Waals surface area (Å²) >= 11 is 0. The third-order valence-corrected chi connectivity index (χ3v) is 4.57. The molecule has 1 atom stereocenters. The van der Waals surface area contributed by atoms with E-state index in [-0.39, 0.29) is 6.10 Å². The Morgan fingerprint density at radius 2 is 2.00 bits per heavy atom. The largest absolute Gasteiger partial charge is 0.491 e. The van der Waals surface area contributed by atoms with Gasteiger partial charge >= 0.3 is 0 Å². The van der Waals surface area contributed by atoms with E-state index in [4.69, 9.17) is 14.5 Å². The van der Waals surface area contributed by atoms with Gasteiger partial charge in [-0.15, -0.1) is 0 Å². The fourth-order valence-electron chi connectivity index (χ4n) is 3.32. The van der Waals surface area contributed by atoms with Crippen molar-refractivity contribution in [3.05, 3.63) is 59.9 Å². The number of aromatic nitrogens is 2. The lowest BCUT2D eigenvalue weighted by Crippen LogP contribution is -2.14. The number of imidazole rings is 1. The van der Waals surface area contributed by atoms with E-state index in [0.29, 0.717) is 6.61 Å². The lowest BCUT2D eigenvalue weighted by Gasteiger charge is -2.15. The molecule has 0 N–H and O–H groups in total. The Balaban J connectivity index is 1.58. The monoisotopic (exact) mass is 322 g/mol. The second kappa shape index (κ2) is 6.65. The summed E-state index contributed by atoms with van der Waals surface area (Å²) in [5.74, 6) is 1.97. The average molecular weight is 322 g/mol. The van der Waals surface area contributed by atoms with Gasteiger partial charge in [0.15, 0.2) is 0 Å². The first-order valence-electron chi connectivity index (χ1n) is 8.58. The van der Waals surface area contributed by atoms with E-state index in [9.17, 15) is 0 Å². The van der Waals surface area contributed by atoms with E-state index >= 15 is 0 Å². The maximum atomic E-state index is 5.99. The summed E-state index contributed by atoms with van der Waals surface area (Å²) in [7, 11) is 0. The Morgan fingerprint density at radius 3 is 2.83 bits per heavy atom. The molecule has 4 heteroatoms. The van der Waals surface area contributed by atoms with Gasteiger partial charge in [-0.3, -0.25) is 0 Å². The van der Waals surface area contributed by atoms with Crippen LogP contribution in [0.3, 0.4) is 0 Å². The molecule has 3 aromatic rings. The Labute approximate surface area is 142 Å². The van der Waals surface area contributed by atoms with Gasteiger partial charge in [-0.1, -0.05) is 30.3 Å². The number of hydrogen-bond donors (Lipinski definition) is 0. The molecule has 1 aliphatic heterocycles. The molecule has 1 aliphatic rings. The lowest BCUT2D eigenvalue weighted by atomic mass is 10.2. The topological polar surface area (TPSA) is 36.3 Å². The molecule has 4 nitrogen and oxygen atoms in total. The van der Waals surface area contributed by atoms with Gasteiger partial charge in [0, 0.05) is 6.61 Å². The van der Waals surface area contributed by atoms with Gasteiger partial charge in [0.25, 0.3) is 0 Å². The van der Waals surface area contributed by atoms with Crippen molar-refractivity contribution >= 4 is 11.0 Å². The van der Waals surface area contributed by atoms with E-state index in [0.717, 1.165) is 54.2 Å². The normalized spacial score (nSPS) is 17.5. The Hall–Kier alpha value is -2.33. The van der Waals surface area contributed by atoms with Gasteiger partial charge in [0.05, 0.1) is 17.6 Å². The van der Waals surface area contributed by atoms with Crippen LogP contribution in [0, 0.1) is 6.92 Å². The predicted molar refractivity (Wildman–Crippen MR) is 94.3 cm³/mol. The van der Waals surface area contributed by atoms with Crippen molar-refractivity contribution in [2.45, 2.75) is 32.4 Å². The van der Waals surface area contributed by atoms with Crippen molar-refractivity contribution in [2.75, 3.05) is 13.2 Å². The summed E-state index contributed by atoms with van der Waals surface area (Å²) in [6, 6.07) is 16.4. The number of hydrogen-bond acceptors (Lipinski definition) is 3. The second-order valence-corrected chi connectivity index (χ2v) is 6.23. The van der Waals surface area contributed by atoms with Gasteiger partial charge < -0.3 is 14.0 Å². The highest BCUT2D eigenvalue weighted by molar-refractivity contribution is 5.76. The molecule has 0 amide bonds. The highest BCUT2D eigenvalue weighted by Gasteiger charge is 2.24. The average Bonchev–Trinajstić information content (AvgIpc) is 3.24. The number of nitrogens with zero attached hydrogens (tertiary/aromatic N) is 2. The fraction of sp³-hybridized carbons (Fsp3) is 0.350. The molecule has 0 aliphatic carbocycles. The van der Waals surface area contributed by atoms with E-state index in [1.165, 1.54) is 0 Å². The zero-order valence-electron chi connectivity index (χ0n) is 13.9. The number of benzene rings is 2. The molecule has 2 aromatic carbocycles. The Morgan fingerprint density at radius 1 is 1.17 bits per heavy atom. The SMILES string of the molecule is Cc1ccccc1OCCn1c([C@@H]2CCCO2)nc2ccccc21. The molecule has 4 rings (SSSR count). The van der Waals surface area contributed by atoms with Gasteiger partial charge in [0.2, 0.25) is 0 Å². The zero-order valence-corrected chi connectivity index (χ0v) is 13.9. The first-order chi connectivity index (χ1) is 11.8. The highest BCUT2D eigenvalue weighted by atomic mass is 16.5. The van der Waals surface area contributed by atoms with Crippen molar-refractivity contribution < 1.29 is 9.47 Å². The van der Waals surface area contributed by atoms with Crippen LogP contribution in [-0.2, 0) is 11.3 Å². The van der Waals surface area contributed by atoms with Crippen molar-refractivity contribution in [3.63, 3.8) is 0 Å². The van der Waals surface area contributed by atoms with E-state index in [1.807, 2.05) is 24.3 Å². The second-order valence-electron chi connectivity index (χ2n) is 6.23. The number of rotatable bonds is 5. The quantitative estimate of drug-likeness (QED) is 0.703. The molecule has 0 radical (unpaired) electrons. The van der Waals surface area contributed by atoms with Crippen LogP contribution in [0.2, 0.25) is 0 Å². The van der Waals surface area contributed by atoms with Crippen molar-refractivity contribution in [3.8, 4) is 5.75 Å². The van der Waals surface area contributed by atoms with Crippen molar-refractivity contribution in [1.82, 2.24) is 9.55 Å². The molecule has 0 bridgehead atoms. The number of fused-ring (bicyclic) bond motifs is 1. The molecule has 1 aromatic heterocycles. The van der Waals surface area contributed by atoms with Crippen LogP contribution in [0.25, 0.3) is 11.0 Å². The maximum Gasteiger partial charge on any atom is 0.139 e. The van der Waals surface area contributed by atoms with Crippen LogP contribution in [0.1, 0.15) is 30.3 Å². The summed E-state index contributed by atoms with van der Waals surface area (Å²) in [6.45, 7) is 4.28. The summed E-state index contributed by atoms with van der Waals surface area (Å²) in [6.07, 6.45) is 2.26. The number of ether oxygens (including phenoxy) is 2. The number of aryl methyl sites for hydroxylation is 1. The van der Waals surface area contributed by atoms with Crippen LogP contribution in [0.5, 0.6) is 5.75 Å². The molecule has 2 heterocycles.